The van der Waals surface area contributed by atoms with Crippen LogP contribution in [-0.2, 0) is 11.2 Å². The molecule has 0 fully saturated rings. The molecule has 1 aliphatic rings. The maximum absolute atomic E-state index is 12.6. The van der Waals surface area contributed by atoms with Gasteiger partial charge in [-0.3, -0.25) is 9.59 Å². The third-order valence-corrected chi connectivity index (χ3v) is 4.07. The van der Waals surface area contributed by atoms with E-state index in [0.717, 1.165) is 17.5 Å². The summed E-state index contributed by atoms with van der Waals surface area (Å²) in [5, 5.41) is 0. The lowest BCUT2D eigenvalue weighted by Gasteiger charge is -2.30. The molecular formula is C18H16O2. The largest absolute Gasteiger partial charge is 0.299 e. The first-order chi connectivity index (χ1) is 9.68. The second-order valence-corrected chi connectivity index (χ2v) is 5.33. The van der Waals surface area contributed by atoms with E-state index < -0.39 is 5.92 Å². The molecule has 0 unspecified atom stereocenters. The van der Waals surface area contributed by atoms with Gasteiger partial charge in [-0.15, -0.1) is 0 Å². The van der Waals surface area contributed by atoms with Crippen molar-refractivity contribution in [3.8, 4) is 0 Å². The van der Waals surface area contributed by atoms with Gasteiger partial charge in [-0.1, -0.05) is 54.6 Å². The van der Waals surface area contributed by atoms with Crippen LogP contribution < -0.4 is 0 Å². The van der Waals surface area contributed by atoms with Gasteiger partial charge in [-0.05, 0) is 24.5 Å². The summed E-state index contributed by atoms with van der Waals surface area (Å²) in [6, 6.07) is 17.5. The van der Waals surface area contributed by atoms with E-state index in [-0.39, 0.29) is 17.5 Å². The Morgan fingerprint density at radius 1 is 1.00 bits per heavy atom. The Labute approximate surface area is 118 Å². The molecule has 2 atom stereocenters. The summed E-state index contributed by atoms with van der Waals surface area (Å²) in [6.45, 7) is 1.52. The van der Waals surface area contributed by atoms with E-state index in [9.17, 15) is 9.59 Å². The Bertz CT molecular complexity index is 658. The van der Waals surface area contributed by atoms with Crippen LogP contribution in [0.4, 0.5) is 0 Å². The van der Waals surface area contributed by atoms with E-state index in [0.29, 0.717) is 5.56 Å². The molecule has 100 valence electrons. The number of benzene rings is 2. The maximum atomic E-state index is 12.6. The molecule has 0 bridgehead atoms. The van der Waals surface area contributed by atoms with Crippen molar-refractivity contribution in [3.05, 3.63) is 71.3 Å². The van der Waals surface area contributed by atoms with Gasteiger partial charge in [0.2, 0.25) is 0 Å². The van der Waals surface area contributed by atoms with Gasteiger partial charge in [0.15, 0.2) is 5.78 Å². The highest BCUT2D eigenvalue weighted by Gasteiger charge is 2.38. The van der Waals surface area contributed by atoms with Crippen LogP contribution in [0, 0.1) is 5.92 Å². The van der Waals surface area contributed by atoms with Crippen molar-refractivity contribution in [2.75, 3.05) is 0 Å². The highest BCUT2D eigenvalue weighted by Crippen LogP contribution is 2.37. The Balaban J connectivity index is 2.11. The minimum atomic E-state index is -0.549. The molecule has 0 spiro atoms. The predicted molar refractivity (Wildman–Crippen MR) is 77.8 cm³/mol. The third-order valence-electron chi connectivity index (χ3n) is 4.07. The molecular weight excluding hydrogens is 248 g/mol. The van der Waals surface area contributed by atoms with Crippen molar-refractivity contribution >= 4 is 11.6 Å². The fourth-order valence-corrected chi connectivity index (χ4v) is 3.12. The summed E-state index contributed by atoms with van der Waals surface area (Å²) in [7, 11) is 0. The van der Waals surface area contributed by atoms with Crippen molar-refractivity contribution in [1.82, 2.24) is 0 Å². The van der Waals surface area contributed by atoms with Gasteiger partial charge < -0.3 is 0 Å². The average molecular weight is 264 g/mol. The van der Waals surface area contributed by atoms with Crippen LogP contribution in [0.2, 0.25) is 0 Å². The van der Waals surface area contributed by atoms with Crippen molar-refractivity contribution in [3.63, 3.8) is 0 Å². The molecule has 2 aromatic rings. The molecule has 0 aliphatic heterocycles. The van der Waals surface area contributed by atoms with E-state index in [1.54, 1.807) is 0 Å². The van der Waals surface area contributed by atoms with Crippen molar-refractivity contribution in [2.45, 2.75) is 19.3 Å². The molecule has 2 nitrogen and oxygen atoms in total. The van der Waals surface area contributed by atoms with E-state index in [1.165, 1.54) is 6.92 Å². The summed E-state index contributed by atoms with van der Waals surface area (Å²) < 4.78 is 0. The number of Topliss-reactive ketones (excluding diaryl/α,β-unsaturated/α-hetero) is 2. The molecule has 3 rings (SSSR count). The molecule has 0 N–H and O–H groups in total. The van der Waals surface area contributed by atoms with Gasteiger partial charge in [0.05, 0.1) is 5.92 Å². The van der Waals surface area contributed by atoms with E-state index in [1.807, 2.05) is 54.6 Å². The van der Waals surface area contributed by atoms with Gasteiger partial charge >= 0.3 is 0 Å². The molecule has 0 radical (unpaired) electrons. The van der Waals surface area contributed by atoms with Crippen molar-refractivity contribution in [1.29, 1.82) is 0 Å². The zero-order valence-electron chi connectivity index (χ0n) is 11.4. The van der Waals surface area contributed by atoms with Crippen molar-refractivity contribution in [2.24, 2.45) is 5.92 Å². The Morgan fingerprint density at radius 2 is 1.65 bits per heavy atom. The zero-order chi connectivity index (χ0) is 14.1. The molecule has 0 aromatic heterocycles. The second-order valence-electron chi connectivity index (χ2n) is 5.33. The topological polar surface area (TPSA) is 34.1 Å². The number of hydrogen-bond acceptors (Lipinski definition) is 2. The van der Waals surface area contributed by atoms with Crippen LogP contribution in [0.1, 0.15) is 34.3 Å². The highest BCUT2D eigenvalue weighted by atomic mass is 16.1. The van der Waals surface area contributed by atoms with Crippen LogP contribution >= 0.6 is 0 Å². The lowest BCUT2D eigenvalue weighted by atomic mass is 9.70. The van der Waals surface area contributed by atoms with Gasteiger partial charge in [0, 0.05) is 11.5 Å². The van der Waals surface area contributed by atoms with Crippen LogP contribution in [0.25, 0.3) is 0 Å². The summed E-state index contributed by atoms with van der Waals surface area (Å²) in [4.78, 5) is 24.6. The summed E-state index contributed by atoms with van der Waals surface area (Å²) in [5.74, 6) is -0.671. The average Bonchev–Trinajstić information content (AvgIpc) is 2.47. The number of fused-ring (bicyclic) bond motifs is 1. The number of rotatable bonds is 2. The first-order valence-electron chi connectivity index (χ1n) is 6.86. The first kappa shape index (κ1) is 12.8. The lowest BCUT2D eigenvalue weighted by Crippen LogP contribution is -2.34. The molecule has 1 aliphatic carbocycles. The minimum Gasteiger partial charge on any atom is -0.299 e. The number of carbonyl (C=O) groups is 2. The van der Waals surface area contributed by atoms with Gasteiger partial charge in [-0.2, -0.15) is 0 Å². The predicted octanol–water partition coefficient (Wildman–Crippen LogP) is 3.41. The number of ketones is 2. The van der Waals surface area contributed by atoms with Gasteiger partial charge in [0.25, 0.3) is 0 Å². The monoisotopic (exact) mass is 264 g/mol. The summed E-state index contributed by atoms with van der Waals surface area (Å²) in [5.41, 5.74) is 2.82. The Morgan fingerprint density at radius 3 is 2.35 bits per heavy atom. The fourth-order valence-electron chi connectivity index (χ4n) is 3.12. The smallest absolute Gasteiger partial charge is 0.174 e. The van der Waals surface area contributed by atoms with E-state index >= 15 is 0 Å². The van der Waals surface area contributed by atoms with Crippen molar-refractivity contribution < 1.29 is 9.59 Å². The second kappa shape index (κ2) is 5.04. The Hall–Kier alpha value is -2.22. The van der Waals surface area contributed by atoms with Gasteiger partial charge in [0.1, 0.15) is 5.78 Å². The molecule has 0 saturated heterocycles. The number of carbonyl (C=O) groups excluding carboxylic acids is 2. The highest BCUT2D eigenvalue weighted by molar-refractivity contribution is 6.12. The summed E-state index contributed by atoms with van der Waals surface area (Å²) >= 11 is 0. The van der Waals surface area contributed by atoms with E-state index in [4.69, 9.17) is 0 Å². The molecule has 0 heterocycles. The standard InChI is InChI=1S/C18H16O2/c1-12(19)17-16(13-7-3-2-4-8-13)11-14-9-5-6-10-15(14)18(17)20/h2-10,16-17H,11H2,1H3/t16-,17-/m1/s1. The SMILES string of the molecule is CC(=O)[C@H]1C(=O)c2ccccc2C[C@@H]1c1ccccc1. The number of hydrogen-bond donors (Lipinski definition) is 0. The maximum Gasteiger partial charge on any atom is 0.174 e. The zero-order valence-corrected chi connectivity index (χ0v) is 11.4. The molecule has 2 aromatic carbocycles. The fraction of sp³-hybridized carbons (Fsp3) is 0.222. The van der Waals surface area contributed by atoms with Crippen LogP contribution in [0.3, 0.4) is 0 Å². The first-order valence-corrected chi connectivity index (χ1v) is 6.86. The molecule has 0 saturated carbocycles. The van der Waals surface area contributed by atoms with E-state index in [2.05, 4.69) is 0 Å². The molecule has 20 heavy (non-hydrogen) atoms. The summed E-state index contributed by atoms with van der Waals surface area (Å²) in [6.07, 6.45) is 0.746. The lowest BCUT2D eigenvalue weighted by molar-refractivity contribution is -0.120. The van der Waals surface area contributed by atoms with Gasteiger partial charge in [-0.25, -0.2) is 0 Å². The van der Waals surface area contributed by atoms with Crippen LogP contribution in [0.5, 0.6) is 0 Å². The minimum absolute atomic E-state index is 0.0341. The quantitative estimate of drug-likeness (QED) is 0.779. The van der Waals surface area contributed by atoms with Crippen LogP contribution in [-0.4, -0.2) is 11.6 Å². The van der Waals surface area contributed by atoms with Crippen LogP contribution in [0.15, 0.2) is 54.6 Å². The molecule has 0 amide bonds. The molecule has 2 heteroatoms. The third kappa shape index (κ3) is 2.07. The normalized spacial score (nSPS) is 21.4. The Kier molecular flexibility index (Phi) is 3.23.